The van der Waals surface area contributed by atoms with E-state index in [9.17, 15) is 0 Å². The van der Waals surface area contributed by atoms with E-state index in [0.717, 1.165) is 15.3 Å². The van der Waals surface area contributed by atoms with Crippen molar-refractivity contribution in [3.63, 3.8) is 0 Å². The van der Waals surface area contributed by atoms with Crippen LogP contribution in [0.15, 0.2) is 34.3 Å². The Morgan fingerprint density at radius 1 is 1.25 bits per heavy atom. The fourth-order valence-corrected chi connectivity index (χ4v) is 3.08. The van der Waals surface area contributed by atoms with Crippen LogP contribution in [0.4, 0.5) is 5.95 Å². The summed E-state index contributed by atoms with van der Waals surface area (Å²) in [5, 5.41) is 12.6. The highest BCUT2D eigenvalue weighted by molar-refractivity contribution is 7.99. The summed E-state index contributed by atoms with van der Waals surface area (Å²) in [5.74, 6) is 0.516. The van der Waals surface area contributed by atoms with Gasteiger partial charge in [0.15, 0.2) is 5.65 Å². The van der Waals surface area contributed by atoms with E-state index < -0.39 is 0 Å². The third-order valence-electron chi connectivity index (χ3n) is 2.60. The van der Waals surface area contributed by atoms with Gasteiger partial charge in [0.25, 0.3) is 0 Å². The van der Waals surface area contributed by atoms with Crippen molar-refractivity contribution in [3.8, 4) is 0 Å². The Kier molecular flexibility index (Phi) is 3.69. The molecule has 0 radical (unpaired) electrons. The van der Waals surface area contributed by atoms with Crippen molar-refractivity contribution in [3.05, 3.63) is 34.4 Å². The smallest absolute Gasteiger partial charge is 0.225 e. The summed E-state index contributed by atoms with van der Waals surface area (Å²) in [5.41, 5.74) is 0.671. The lowest BCUT2D eigenvalue weighted by molar-refractivity contribution is 1.06. The second-order valence-corrected chi connectivity index (χ2v) is 5.79. The number of nitrogens with zero attached hydrogens (tertiary/aromatic N) is 3. The molecule has 0 aliphatic carbocycles. The van der Waals surface area contributed by atoms with Gasteiger partial charge in [-0.3, -0.25) is 5.10 Å². The standard InChI is InChI=1S/C12H9Cl2N5S/c1-15-12-17-10-7(5-16-19-10)11(18-12)20-9-4-6(13)2-3-8(9)14/h2-5H,1H3,(H2,15,16,17,18,19). The fraction of sp³-hybridized carbons (Fsp3) is 0.0833. The summed E-state index contributed by atoms with van der Waals surface area (Å²) in [7, 11) is 1.76. The largest absolute Gasteiger partial charge is 0.357 e. The van der Waals surface area contributed by atoms with Gasteiger partial charge in [0.2, 0.25) is 5.95 Å². The van der Waals surface area contributed by atoms with Crippen LogP contribution >= 0.6 is 35.0 Å². The average molecular weight is 326 g/mol. The van der Waals surface area contributed by atoms with Gasteiger partial charge in [0.1, 0.15) is 5.03 Å². The van der Waals surface area contributed by atoms with Gasteiger partial charge in [0.05, 0.1) is 16.6 Å². The lowest BCUT2D eigenvalue weighted by atomic mass is 10.4. The molecule has 2 heterocycles. The van der Waals surface area contributed by atoms with Crippen molar-refractivity contribution in [2.75, 3.05) is 12.4 Å². The van der Waals surface area contributed by atoms with Gasteiger partial charge in [-0.2, -0.15) is 10.1 Å². The number of benzene rings is 1. The van der Waals surface area contributed by atoms with E-state index in [-0.39, 0.29) is 0 Å². The lowest BCUT2D eigenvalue weighted by Crippen LogP contribution is -1.97. The van der Waals surface area contributed by atoms with Crippen LogP contribution in [0.2, 0.25) is 10.0 Å². The Balaban J connectivity index is 2.09. The number of halogens is 2. The van der Waals surface area contributed by atoms with Crippen molar-refractivity contribution in [1.29, 1.82) is 0 Å². The van der Waals surface area contributed by atoms with Crippen molar-refractivity contribution >= 4 is 51.9 Å². The Morgan fingerprint density at radius 2 is 2.10 bits per heavy atom. The lowest BCUT2D eigenvalue weighted by Gasteiger charge is -2.06. The minimum absolute atomic E-state index is 0.516. The van der Waals surface area contributed by atoms with Crippen LogP contribution in [-0.2, 0) is 0 Å². The molecule has 3 rings (SSSR count). The molecule has 0 spiro atoms. The van der Waals surface area contributed by atoms with Crippen LogP contribution in [0.5, 0.6) is 0 Å². The van der Waals surface area contributed by atoms with E-state index in [0.29, 0.717) is 21.6 Å². The minimum atomic E-state index is 0.516. The maximum Gasteiger partial charge on any atom is 0.225 e. The Labute approximate surface area is 129 Å². The summed E-state index contributed by atoms with van der Waals surface area (Å²) in [6.45, 7) is 0. The van der Waals surface area contributed by atoms with E-state index in [1.54, 1.807) is 25.4 Å². The van der Waals surface area contributed by atoms with Gasteiger partial charge < -0.3 is 5.32 Å². The zero-order chi connectivity index (χ0) is 14.1. The van der Waals surface area contributed by atoms with Crippen LogP contribution in [0.1, 0.15) is 0 Å². The Bertz CT molecular complexity index is 774. The second-order valence-electron chi connectivity index (χ2n) is 3.91. The molecule has 0 saturated heterocycles. The number of hydrogen-bond acceptors (Lipinski definition) is 5. The van der Waals surface area contributed by atoms with Gasteiger partial charge in [-0.1, -0.05) is 35.0 Å². The molecule has 0 saturated carbocycles. The van der Waals surface area contributed by atoms with Crippen molar-refractivity contribution in [2.45, 2.75) is 9.92 Å². The molecule has 2 aromatic heterocycles. The molecule has 0 unspecified atom stereocenters. The number of fused-ring (bicyclic) bond motifs is 1. The molecule has 0 aliphatic heterocycles. The molecule has 8 heteroatoms. The molecule has 3 aromatic rings. The van der Waals surface area contributed by atoms with Crippen LogP contribution in [0, 0.1) is 0 Å². The van der Waals surface area contributed by atoms with Crippen molar-refractivity contribution in [2.24, 2.45) is 0 Å². The number of aromatic nitrogens is 4. The summed E-state index contributed by atoms with van der Waals surface area (Å²) in [6, 6.07) is 5.32. The third-order valence-corrected chi connectivity index (χ3v) is 4.34. The average Bonchev–Trinajstić information content (AvgIpc) is 2.91. The number of anilines is 1. The van der Waals surface area contributed by atoms with Gasteiger partial charge in [-0.15, -0.1) is 0 Å². The summed E-state index contributed by atoms with van der Waals surface area (Å²) in [6.07, 6.45) is 1.69. The Hall–Kier alpha value is -1.50. The predicted molar refractivity (Wildman–Crippen MR) is 81.8 cm³/mol. The molecule has 1 aromatic carbocycles. The molecule has 2 N–H and O–H groups in total. The van der Waals surface area contributed by atoms with Gasteiger partial charge in [0, 0.05) is 17.0 Å². The van der Waals surface area contributed by atoms with E-state index in [4.69, 9.17) is 23.2 Å². The minimum Gasteiger partial charge on any atom is -0.357 e. The normalized spacial score (nSPS) is 10.9. The van der Waals surface area contributed by atoms with Crippen LogP contribution in [0.3, 0.4) is 0 Å². The van der Waals surface area contributed by atoms with Crippen LogP contribution in [-0.4, -0.2) is 27.2 Å². The topological polar surface area (TPSA) is 66.5 Å². The molecular formula is C12H9Cl2N5S. The SMILES string of the molecule is CNc1nc(Sc2cc(Cl)ccc2Cl)c2cn[nH]c2n1. The first-order valence-electron chi connectivity index (χ1n) is 5.69. The van der Waals surface area contributed by atoms with Crippen LogP contribution < -0.4 is 5.32 Å². The molecule has 0 aliphatic rings. The molecule has 0 fully saturated rings. The molecule has 5 nitrogen and oxygen atoms in total. The van der Waals surface area contributed by atoms with E-state index in [1.165, 1.54) is 11.8 Å². The summed E-state index contributed by atoms with van der Waals surface area (Å²) in [4.78, 5) is 9.56. The third kappa shape index (κ3) is 2.54. The number of rotatable bonds is 3. The first kappa shape index (κ1) is 13.5. The van der Waals surface area contributed by atoms with E-state index >= 15 is 0 Å². The first-order valence-corrected chi connectivity index (χ1v) is 7.26. The number of aromatic amines is 1. The zero-order valence-corrected chi connectivity index (χ0v) is 12.6. The highest BCUT2D eigenvalue weighted by atomic mass is 35.5. The molecule has 20 heavy (non-hydrogen) atoms. The fourth-order valence-electron chi connectivity index (χ4n) is 1.66. The van der Waals surface area contributed by atoms with Crippen molar-refractivity contribution < 1.29 is 0 Å². The van der Waals surface area contributed by atoms with Gasteiger partial charge >= 0.3 is 0 Å². The zero-order valence-electron chi connectivity index (χ0n) is 10.3. The summed E-state index contributed by atoms with van der Waals surface area (Å²) >= 11 is 13.6. The number of H-pyrrole nitrogens is 1. The van der Waals surface area contributed by atoms with Gasteiger partial charge in [-0.05, 0) is 18.2 Å². The predicted octanol–water partition coefficient (Wildman–Crippen LogP) is 3.85. The molecule has 102 valence electrons. The molecule has 0 amide bonds. The number of hydrogen-bond donors (Lipinski definition) is 2. The second kappa shape index (κ2) is 5.47. The van der Waals surface area contributed by atoms with E-state index in [1.807, 2.05) is 6.07 Å². The van der Waals surface area contributed by atoms with Crippen molar-refractivity contribution in [1.82, 2.24) is 20.2 Å². The highest BCUT2D eigenvalue weighted by Gasteiger charge is 2.12. The molecular weight excluding hydrogens is 317 g/mol. The quantitative estimate of drug-likeness (QED) is 0.716. The Morgan fingerprint density at radius 3 is 2.90 bits per heavy atom. The maximum absolute atomic E-state index is 6.18. The molecule has 0 atom stereocenters. The first-order chi connectivity index (χ1) is 9.67. The van der Waals surface area contributed by atoms with Crippen LogP contribution in [0.25, 0.3) is 11.0 Å². The van der Waals surface area contributed by atoms with E-state index in [2.05, 4.69) is 25.5 Å². The maximum atomic E-state index is 6.18. The molecule has 0 bridgehead atoms. The van der Waals surface area contributed by atoms with Gasteiger partial charge in [-0.25, -0.2) is 4.98 Å². The monoisotopic (exact) mass is 325 g/mol. The number of nitrogens with one attached hydrogen (secondary N) is 2. The highest BCUT2D eigenvalue weighted by Crippen LogP contribution is 2.37. The summed E-state index contributed by atoms with van der Waals surface area (Å²) < 4.78 is 0.